The van der Waals surface area contributed by atoms with Crippen molar-refractivity contribution in [3.63, 3.8) is 0 Å². The van der Waals surface area contributed by atoms with Gasteiger partial charge in [0.25, 0.3) is 0 Å². The molecule has 17 heavy (non-hydrogen) atoms. The molecule has 92 valence electrons. The minimum atomic E-state index is -0.711. The predicted molar refractivity (Wildman–Crippen MR) is 65.4 cm³/mol. The van der Waals surface area contributed by atoms with Crippen molar-refractivity contribution in [3.05, 3.63) is 29.8 Å². The van der Waals surface area contributed by atoms with Gasteiger partial charge in [-0.2, -0.15) is 0 Å². The van der Waals surface area contributed by atoms with Crippen LogP contribution in [0.3, 0.4) is 0 Å². The Labute approximate surface area is 101 Å². The number of unbranched alkanes of at least 4 members (excludes halogenated alkanes) is 1. The third kappa shape index (κ3) is 2.43. The molecule has 0 unspecified atom stereocenters. The van der Waals surface area contributed by atoms with Crippen molar-refractivity contribution in [2.45, 2.75) is 38.0 Å². The molecule has 0 bridgehead atoms. The van der Waals surface area contributed by atoms with Crippen LogP contribution in [-0.2, 0) is 10.2 Å². The summed E-state index contributed by atoms with van der Waals surface area (Å²) in [6, 6.07) is 7.49. The van der Waals surface area contributed by atoms with E-state index in [1.807, 2.05) is 24.3 Å². The SMILES string of the molecule is CCCCOc1ccc(C2(C(=O)O)CC2)cc1. The molecule has 1 saturated carbocycles. The second-order valence-corrected chi connectivity index (χ2v) is 4.61. The molecule has 1 aromatic carbocycles. The van der Waals surface area contributed by atoms with E-state index in [2.05, 4.69) is 6.92 Å². The Hall–Kier alpha value is -1.51. The number of hydrogen-bond acceptors (Lipinski definition) is 2. The fourth-order valence-corrected chi connectivity index (χ4v) is 1.96. The Balaban J connectivity index is 2.01. The van der Waals surface area contributed by atoms with E-state index >= 15 is 0 Å². The third-order valence-corrected chi connectivity index (χ3v) is 3.33. The largest absolute Gasteiger partial charge is 0.494 e. The normalized spacial score (nSPS) is 16.5. The van der Waals surface area contributed by atoms with Crippen molar-refractivity contribution in [2.24, 2.45) is 0 Å². The van der Waals surface area contributed by atoms with Crippen LogP contribution in [0.25, 0.3) is 0 Å². The first-order valence-electron chi connectivity index (χ1n) is 6.16. The van der Waals surface area contributed by atoms with Crippen molar-refractivity contribution >= 4 is 5.97 Å². The monoisotopic (exact) mass is 234 g/mol. The van der Waals surface area contributed by atoms with Crippen molar-refractivity contribution in [3.8, 4) is 5.75 Å². The highest BCUT2D eigenvalue weighted by molar-refractivity contribution is 5.84. The Morgan fingerprint density at radius 2 is 2.00 bits per heavy atom. The minimum Gasteiger partial charge on any atom is -0.494 e. The first kappa shape index (κ1) is 12.0. The van der Waals surface area contributed by atoms with Gasteiger partial charge in [-0.25, -0.2) is 0 Å². The first-order chi connectivity index (χ1) is 8.19. The topological polar surface area (TPSA) is 46.5 Å². The highest BCUT2D eigenvalue weighted by Gasteiger charge is 2.51. The number of benzene rings is 1. The van der Waals surface area contributed by atoms with E-state index < -0.39 is 11.4 Å². The summed E-state index contributed by atoms with van der Waals surface area (Å²) < 4.78 is 5.55. The van der Waals surface area contributed by atoms with E-state index in [1.54, 1.807) is 0 Å². The lowest BCUT2D eigenvalue weighted by atomic mass is 9.96. The average Bonchev–Trinajstić information content (AvgIpc) is 3.11. The van der Waals surface area contributed by atoms with Crippen LogP contribution in [0, 0.1) is 0 Å². The second kappa shape index (κ2) is 4.78. The Morgan fingerprint density at radius 3 is 2.47 bits per heavy atom. The van der Waals surface area contributed by atoms with Gasteiger partial charge in [-0.05, 0) is 37.0 Å². The average molecular weight is 234 g/mol. The Kier molecular flexibility index (Phi) is 3.36. The van der Waals surface area contributed by atoms with E-state index in [9.17, 15) is 4.79 Å². The predicted octanol–water partition coefficient (Wildman–Crippen LogP) is 2.98. The zero-order valence-electron chi connectivity index (χ0n) is 10.1. The number of carbonyl (C=O) groups is 1. The van der Waals surface area contributed by atoms with Crippen LogP contribution < -0.4 is 4.74 Å². The van der Waals surface area contributed by atoms with E-state index in [1.165, 1.54) is 0 Å². The second-order valence-electron chi connectivity index (χ2n) is 4.61. The van der Waals surface area contributed by atoms with Crippen LogP contribution in [0.5, 0.6) is 5.75 Å². The number of aliphatic carboxylic acids is 1. The van der Waals surface area contributed by atoms with Gasteiger partial charge in [0.05, 0.1) is 12.0 Å². The molecule has 1 N–H and O–H groups in total. The molecule has 1 aromatic rings. The van der Waals surface area contributed by atoms with E-state index in [4.69, 9.17) is 9.84 Å². The molecule has 0 amide bonds. The van der Waals surface area contributed by atoms with E-state index in [-0.39, 0.29) is 0 Å². The molecule has 0 atom stereocenters. The molecule has 0 saturated heterocycles. The standard InChI is InChI=1S/C14H18O3/c1-2-3-10-17-12-6-4-11(5-7-12)14(8-9-14)13(15)16/h4-7H,2-3,8-10H2,1H3,(H,15,16). The molecule has 0 aliphatic heterocycles. The van der Waals surface area contributed by atoms with Gasteiger partial charge in [-0.3, -0.25) is 4.79 Å². The van der Waals surface area contributed by atoms with Gasteiger partial charge in [0, 0.05) is 0 Å². The third-order valence-electron chi connectivity index (χ3n) is 3.33. The lowest BCUT2D eigenvalue weighted by Gasteiger charge is -2.11. The zero-order chi connectivity index (χ0) is 12.3. The van der Waals surface area contributed by atoms with Crippen LogP contribution in [0.4, 0.5) is 0 Å². The van der Waals surface area contributed by atoms with Gasteiger partial charge in [0.2, 0.25) is 0 Å². The fourth-order valence-electron chi connectivity index (χ4n) is 1.96. The summed E-state index contributed by atoms with van der Waals surface area (Å²) in [5.41, 5.74) is 0.287. The lowest BCUT2D eigenvalue weighted by molar-refractivity contribution is -0.140. The van der Waals surface area contributed by atoms with Gasteiger partial charge in [-0.1, -0.05) is 25.5 Å². The molecule has 3 nitrogen and oxygen atoms in total. The maximum atomic E-state index is 11.1. The Morgan fingerprint density at radius 1 is 1.35 bits per heavy atom. The van der Waals surface area contributed by atoms with Crippen LogP contribution in [0.2, 0.25) is 0 Å². The number of hydrogen-bond donors (Lipinski definition) is 1. The molecule has 1 aliphatic rings. The van der Waals surface area contributed by atoms with Gasteiger partial charge in [0.1, 0.15) is 5.75 Å². The van der Waals surface area contributed by atoms with Crippen molar-refractivity contribution in [1.82, 2.24) is 0 Å². The number of rotatable bonds is 6. The summed E-state index contributed by atoms with van der Waals surface area (Å²) in [7, 11) is 0. The first-order valence-corrected chi connectivity index (χ1v) is 6.16. The summed E-state index contributed by atoms with van der Waals surface area (Å²) in [5, 5.41) is 9.17. The summed E-state index contributed by atoms with van der Waals surface area (Å²) in [4.78, 5) is 11.1. The summed E-state index contributed by atoms with van der Waals surface area (Å²) in [6.07, 6.45) is 3.65. The van der Waals surface area contributed by atoms with Crippen molar-refractivity contribution in [1.29, 1.82) is 0 Å². The molecule has 0 aromatic heterocycles. The molecule has 3 heteroatoms. The van der Waals surface area contributed by atoms with E-state index in [0.717, 1.165) is 43.6 Å². The molecule has 0 spiro atoms. The highest BCUT2D eigenvalue weighted by atomic mass is 16.5. The van der Waals surface area contributed by atoms with Crippen LogP contribution in [-0.4, -0.2) is 17.7 Å². The molecule has 0 radical (unpaired) electrons. The number of carboxylic acid groups (broad SMARTS) is 1. The van der Waals surface area contributed by atoms with E-state index in [0.29, 0.717) is 0 Å². The molecule has 2 rings (SSSR count). The summed E-state index contributed by atoms with van der Waals surface area (Å²) >= 11 is 0. The molecule has 1 aliphatic carbocycles. The lowest BCUT2D eigenvalue weighted by Crippen LogP contribution is -2.19. The fraction of sp³-hybridized carbons (Fsp3) is 0.500. The quantitative estimate of drug-likeness (QED) is 0.770. The van der Waals surface area contributed by atoms with Crippen LogP contribution in [0.1, 0.15) is 38.2 Å². The minimum absolute atomic E-state index is 0.609. The molecule has 1 fully saturated rings. The smallest absolute Gasteiger partial charge is 0.314 e. The van der Waals surface area contributed by atoms with Gasteiger partial charge < -0.3 is 9.84 Å². The maximum Gasteiger partial charge on any atom is 0.314 e. The van der Waals surface area contributed by atoms with Crippen LogP contribution >= 0.6 is 0 Å². The molecular weight excluding hydrogens is 216 g/mol. The number of ether oxygens (including phenoxy) is 1. The van der Waals surface area contributed by atoms with Crippen molar-refractivity contribution < 1.29 is 14.6 Å². The van der Waals surface area contributed by atoms with Gasteiger partial charge in [0.15, 0.2) is 0 Å². The highest BCUT2D eigenvalue weighted by Crippen LogP contribution is 2.48. The van der Waals surface area contributed by atoms with Crippen molar-refractivity contribution in [2.75, 3.05) is 6.61 Å². The van der Waals surface area contributed by atoms with Gasteiger partial charge >= 0.3 is 5.97 Å². The maximum absolute atomic E-state index is 11.1. The summed E-state index contributed by atoms with van der Waals surface area (Å²) in [5.74, 6) is 0.112. The molecular formula is C14H18O3. The van der Waals surface area contributed by atoms with Gasteiger partial charge in [-0.15, -0.1) is 0 Å². The van der Waals surface area contributed by atoms with Crippen LogP contribution in [0.15, 0.2) is 24.3 Å². The number of carboxylic acids is 1. The molecule has 0 heterocycles. The zero-order valence-corrected chi connectivity index (χ0v) is 10.1. The summed E-state index contributed by atoms with van der Waals surface area (Å²) in [6.45, 7) is 2.84. The Bertz CT molecular complexity index is 390.